The van der Waals surface area contributed by atoms with Crippen LogP contribution in [0.5, 0.6) is 0 Å². The summed E-state index contributed by atoms with van der Waals surface area (Å²) in [6.45, 7) is 3.49. The molecular formula is C17H19N5O. The minimum absolute atomic E-state index is 0.275. The van der Waals surface area contributed by atoms with Gasteiger partial charge >= 0.3 is 0 Å². The number of aromatic nitrogens is 5. The van der Waals surface area contributed by atoms with Gasteiger partial charge in [-0.2, -0.15) is 0 Å². The Morgan fingerprint density at radius 2 is 2.09 bits per heavy atom. The lowest BCUT2D eigenvalue weighted by atomic mass is 9.95. The molecule has 0 spiro atoms. The molecule has 1 aliphatic heterocycles. The van der Waals surface area contributed by atoms with Gasteiger partial charge < -0.3 is 14.3 Å². The van der Waals surface area contributed by atoms with Crippen molar-refractivity contribution >= 4 is 0 Å². The van der Waals surface area contributed by atoms with Gasteiger partial charge in [0.05, 0.1) is 25.6 Å². The van der Waals surface area contributed by atoms with Crippen LogP contribution in [-0.4, -0.2) is 37.7 Å². The number of ether oxygens (including phenoxy) is 1. The molecular weight excluding hydrogens is 290 g/mol. The molecule has 6 nitrogen and oxygen atoms in total. The van der Waals surface area contributed by atoms with Crippen molar-refractivity contribution in [2.45, 2.75) is 19.4 Å². The van der Waals surface area contributed by atoms with Crippen LogP contribution in [0.3, 0.4) is 0 Å². The monoisotopic (exact) mass is 309 g/mol. The third kappa shape index (κ3) is 2.66. The first kappa shape index (κ1) is 14.1. The van der Waals surface area contributed by atoms with E-state index >= 15 is 0 Å². The normalized spacial score (nSPS) is 20.9. The van der Waals surface area contributed by atoms with Gasteiger partial charge in [0.25, 0.3) is 0 Å². The number of nitrogens with one attached hydrogen (secondary N) is 1. The topological polar surface area (TPSA) is 68.6 Å². The zero-order valence-electron chi connectivity index (χ0n) is 13.0. The Morgan fingerprint density at radius 1 is 1.22 bits per heavy atom. The standard InChI is InChI=1S/C17H19N5O/c1-12-16(21-11-20-12)17-19-6-7-22(17)15-10-23-9-14(15)8-13-2-4-18-5-3-13/h2-7,11,14-15H,8-10H2,1H3,(H,20,21)/t14-,15+/m0/s1. The van der Waals surface area contributed by atoms with Crippen LogP contribution in [0.15, 0.2) is 43.2 Å². The molecule has 0 radical (unpaired) electrons. The van der Waals surface area contributed by atoms with Gasteiger partial charge in [-0.25, -0.2) is 9.97 Å². The smallest absolute Gasteiger partial charge is 0.160 e. The lowest BCUT2D eigenvalue weighted by molar-refractivity contribution is 0.181. The van der Waals surface area contributed by atoms with Gasteiger partial charge in [0, 0.05) is 36.4 Å². The molecule has 0 bridgehead atoms. The minimum atomic E-state index is 0.275. The van der Waals surface area contributed by atoms with Crippen molar-refractivity contribution in [3.8, 4) is 11.5 Å². The van der Waals surface area contributed by atoms with Gasteiger partial charge in [0.1, 0.15) is 5.69 Å². The SMILES string of the molecule is Cc1[nH]cnc1-c1nccn1[C@@H]1COC[C@@H]1Cc1ccncc1. The Morgan fingerprint density at radius 3 is 2.87 bits per heavy atom. The number of aryl methyl sites for hydroxylation is 1. The van der Waals surface area contributed by atoms with Gasteiger partial charge in [-0.15, -0.1) is 0 Å². The first-order valence-electron chi connectivity index (χ1n) is 7.83. The van der Waals surface area contributed by atoms with E-state index in [2.05, 4.69) is 36.6 Å². The summed E-state index contributed by atoms with van der Waals surface area (Å²) in [5.74, 6) is 1.32. The highest BCUT2D eigenvalue weighted by Crippen LogP contribution is 2.32. The number of H-pyrrole nitrogens is 1. The molecule has 6 heteroatoms. The van der Waals surface area contributed by atoms with Crippen molar-refractivity contribution in [3.05, 3.63) is 54.5 Å². The molecule has 0 amide bonds. The summed E-state index contributed by atoms with van der Waals surface area (Å²) in [6.07, 6.45) is 10.2. The summed E-state index contributed by atoms with van der Waals surface area (Å²) in [5, 5.41) is 0. The van der Waals surface area contributed by atoms with Crippen molar-refractivity contribution in [3.63, 3.8) is 0 Å². The van der Waals surface area contributed by atoms with Crippen LogP contribution in [0.4, 0.5) is 0 Å². The van der Waals surface area contributed by atoms with E-state index in [0.717, 1.165) is 30.2 Å². The lowest BCUT2D eigenvalue weighted by Gasteiger charge is -2.21. The molecule has 4 rings (SSSR count). The highest BCUT2D eigenvalue weighted by Gasteiger charge is 2.31. The molecule has 1 aliphatic rings. The van der Waals surface area contributed by atoms with E-state index in [1.165, 1.54) is 5.56 Å². The zero-order chi connectivity index (χ0) is 15.6. The molecule has 4 heterocycles. The van der Waals surface area contributed by atoms with E-state index < -0.39 is 0 Å². The van der Waals surface area contributed by atoms with Crippen LogP contribution >= 0.6 is 0 Å². The summed E-state index contributed by atoms with van der Waals surface area (Å²) >= 11 is 0. The second-order valence-corrected chi connectivity index (χ2v) is 5.96. The van der Waals surface area contributed by atoms with E-state index in [1.54, 1.807) is 6.33 Å². The van der Waals surface area contributed by atoms with Crippen LogP contribution < -0.4 is 0 Å². The van der Waals surface area contributed by atoms with Crippen molar-refractivity contribution in [1.29, 1.82) is 0 Å². The summed E-state index contributed by atoms with van der Waals surface area (Å²) in [6, 6.07) is 4.42. The second kappa shape index (κ2) is 5.96. The number of rotatable bonds is 4. The fourth-order valence-corrected chi connectivity index (χ4v) is 3.26. The Bertz CT molecular complexity index is 779. The Kier molecular flexibility index (Phi) is 3.67. The van der Waals surface area contributed by atoms with Gasteiger partial charge in [0.15, 0.2) is 5.82 Å². The van der Waals surface area contributed by atoms with Gasteiger partial charge in [-0.3, -0.25) is 4.98 Å². The maximum absolute atomic E-state index is 5.78. The van der Waals surface area contributed by atoms with Gasteiger partial charge in [-0.1, -0.05) is 0 Å². The Labute approximate surface area is 134 Å². The molecule has 0 saturated carbocycles. The zero-order valence-corrected chi connectivity index (χ0v) is 13.0. The molecule has 0 aromatic carbocycles. The minimum Gasteiger partial charge on any atom is -0.379 e. The fraction of sp³-hybridized carbons (Fsp3) is 0.353. The van der Waals surface area contributed by atoms with Gasteiger partial charge in [0.2, 0.25) is 0 Å². The third-order valence-electron chi connectivity index (χ3n) is 4.48. The lowest BCUT2D eigenvalue weighted by Crippen LogP contribution is -2.20. The molecule has 23 heavy (non-hydrogen) atoms. The highest BCUT2D eigenvalue weighted by atomic mass is 16.5. The van der Waals surface area contributed by atoms with E-state index in [9.17, 15) is 0 Å². The van der Waals surface area contributed by atoms with Crippen molar-refractivity contribution < 1.29 is 4.74 Å². The van der Waals surface area contributed by atoms with Crippen LogP contribution in [0, 0.1) is 12.8 Å². The summed E-state index contributed by atoms with van der Waals surface area (Å²) in [7, 11) is 0. The predicted molar refractivity (Wildman–Crippen MR) is 85.8 cm³/mol. The molecule has 3 aromatic heterocycles. The fourth-order valence-electron chi connectivity index (χ4n) is 3.26. The number of nitrogens with zero attached hydrogens (tertiary/aromatic N) is 4. The van der Waals surface area contributed by atoms with Gasteiger partial charge in [-0.05, 0) is 31.0 Å². The summed E-state index contributed by atoms with van der Waals surface area (Å²) < 4.78 is 7.99. The first-order chi connectivity index (χ1) is 11.3. The van der Waals surface area contributed by atoms with Crippen LogP contribution in [-0.2, 0) is 11.2 Å². The van der Waals surface area contributed by atoms with E-state index in [0.29, 0.717) is 12.5 Å². The molecule has 0 unspecified atom stereocenters. The summed E-state index contributed by atoms with van der Waals surface area (Å²) in [4.78, 5) is 16.1. The third-order valence-corrected chi connectivity index (χ3v) is 4.48. The largest absolute Gasteiger partial charge is 0.379 e. The second-order valence-electron chi connectivity index (χ2n) is 5.96. The molecule has 2 atom stereocenters. The number of aromatic amines is 1. The maximum Gasteiger partial charge on any atom is 0.160 e. The highest BCUT2D eigenvalue weighted by molar-refractivity contribution is 5.53. The van der Waals surface area contributed by atoms with E-state index in [4.69, 9.17) is 4.74 Å². The van der Waals surface area contributed by atoms with Crippen LogP contribution in [0.25, 0.3) is 11.5 Å². The Balaban J connectivity index is 1.63. The number of pyridine rings is 1. The molecule has 118 valence electrons. The number of imidazole rings is 2. The maximum atomic E-state index is 5.78. The summed E-state index contributed by atoms with van der Waals surface area (Å²) in [5.41, 5.74) is 3.23. The van der Waals surface area contributed by atoms with Crippen molar-refractivity contribution in [2.24, 2.45) is 5.92 Å². The molecule has 1 N–H and O–H groups in total. The van der Waals surface area contributed by atoms with Crippen LogP contribution in [0.2, 0.25) is 0 Å². The Hall–Kier alpha value is -2.47. The molecule has 0 aliphatic carbocycles. The average Bonchev–Trinajstić information content (AvgIpc) is 3.28. The number of hydrogen-bond donors (Lipinski definition) is 1. The van der Waals surface area contributed by atoms with Crippen molar-refractivity contribution in [2.75, 3.05) is 13.2 Å². The van der Waals surface area contributed by atoms with E-state index in [1.807, 2.05) is 31.7 Å². The average molecular weight is 309 g/mol. The molecule has 3 aromatic rings. The van der Waals surface area contributed by atoms with Crippen LogP contribution in [0.1, 0.15) is 17.3 Å². The molecule has 1 fully saturated rings. The number of hydrogen-bond acceptors (Lipinski definition) is 4. The van der Waals surface area contributed by atoms with Crippen molar-refractivity contribution in [1.82, 2.24) is 24.5 Å². The molecule has 1 saturated heterocycles. The quantitative estimate of drug-likeness (QED) is 0.803. The first-order valence-corrected chi connectivity index (χ1v) is 7.83. The van der Waals surface area contributed by atoms with E-state index in [-0.39, 0.29) is 6.04 Å². The predicted octanol–water partition coefficient (Wildman–Crippen LogP) is 2.41.